The molecule has 124 valence electrons. The molecule has 3 N–H and O–H groups in total. The van der Waals surface area contributed by atoms with Gasteiger partial charge in [0.2, 0.25) is 5.91 Å². The van der Waals surface area contributed by atoms with Crippen molar-refractivity contribution in [2.24, 2.45) is 10.4 Å². The summed E-state index contributed by atoms with van der Waals surface area (Å²) in [6.45, 7) is 12.6. The Kier molecular flexibility index (Phi) is 7.38. The smallest absolute Gasteiger partial charge is 0.225 e. The predicted octanol–water partition coefficient (Wildman–Crippen LogP) is 2.27. The fraction of sp³-hybridized carbons (Fsp3) is 0.625. The Labute approximate surface area is 137 Å². The predicted molar refractivity (Wildman–Crippen MR) is 94.3 cm³/mol. The summed E-state index contributed by atoms with van der Waals surface area (Å²) >= 11 is 1.72. The molecule has 0 radical (unpaired) electrons. The summed E-state index contributed by atoms with van der Waals surface area (Å²) < 4.78 is 0. The molecule has 0 atom stereocenters. The molecule has 1 aromatic rings. The quantitative estimate of drug-likeness (QED) is 0.427. The van der Waals surface area contributed by atoms with Gasteiger partial charge in [-0.15, -0.1) is 11.3 Å². The summed E-state index contributed by atoms with van der Waals surface area (Å²) in [5.74, 6) is 0.839. The van der Waals surface area contributed by atoms with Gasteiger partial charge in [0.25, 0.3) is 0 Å². The number of thiophene rings is 1. The lowest BCUT2D eigenvalue weighted by atomic mass is 9.96. The molecule has 1 aromatic heterocycles. The first kappa shape index (κ1) is 18.5. The van der Waals surface area contributed by atoms with Gasteiger partial charge >= 0.3 is 0 Å². The molecule has 1 heterocycles. The van der Waals surface area contributed by atoms with E-state index in [0.29, 0.717) is 19.6 Å². The van der Waals surface area contributed by atoms with Crippen molar-refractivity contribution in [3.63, 3.8) is 0 Å². The van der Waals surface area contributed by atoms with Gasteiger partial charge in [-0.25, -0.2) is 4.99 Å². The maximum atomic E-state index is 11.8. The Balaban J connectivity index is 2.41. The Morgan fingerprint density at radius 3 is 2.45 bits per heavy atom. The molecule has 0 fully saturated rings. The second-order valence-electron chi connectivity index (χ2n) is 6.15. The van der Waals surface area contributed by atoms with E-state index in [0.717, 1.165) is 12.5 Å². The lowest BCUT2D eigenvalue weighted by Crippen LogP contribution is -2.43. The molecular weight excluding hydrogens is 296 g/mol. The molecule has 1 rings (SSSR count). The third-order valence-corrected chi connectivity index (χ3v) is 4.09. The molecule has 0 aliphatic heterocycles. The molecule has 0 aromatic carbocycles. The lowest BCUT2D eigenvalue weighted by molar-refractivity contribution is -0.128. The summed E-state index contributed by atoms with van der Waals surface area (Å²) in [7, 11) is 0. The minimum absolute atomic E-state index is 0.0606. The van der Waals surface area contributed by atoms with Gasteiger partial charge in [-0.1, -0.05) is 20.8 Å². The highest BCUT2D eigenvalue weighted by Crippen LogP contribution is 2.16. The van der Waals surface area contributed by atoms with Crippen molar-refractivity contribution >= 4 is 23.2 Å². The van der Waals surface area contributed by atoms with Gasteiger partial charge in [-0.05, 0) is 30.9 Å². The average Bonchev–Trinajstić information content (AvgIpc) is 2.84. The van der Waals surface area contributed by atoms with Crippen molar-refractivity contribution in [2.45, 2.75) is 41.2 Å². The van der Waals surface area contributed by atoms with Crippen molar-refractivity contribution in [2.75, 3.05) is 19.6 Å². The van der Waals surface area contributed by atoms with E-state index in [9.17, 15) is 4.79 Å². The molecule has 0 unspecified atom stereocenters. The number of nitrogens with one attached hydrogen (secondary N) is 3. The normalized spacial score (nSPS) is 12.1. The first-order valence-electron chi connectivity index (χ1n) is 7.68. The van der Waals surface area contributed by atoms with Crippen molar-refractivity contribution in [1.29, 1.82) is 0 Å². The Bertz CT molecular complexity index is 502. The van der Waals surface area contributed by atoms with Crippen molar-refractivity contribution in [3.05, 3.63) is 21.9 Å². The molecule has 1 amide bonds. The number of carbonyl (C=O) groups is 1. The van der Waals surface area contributed by atoms with Crippen LogP contribution in [-0.4, -0.2) is 31.5 Å². The fourth-order valence-electron chi connectivity index (χ4n) is 1.68. The van der Waals surface area contributed by atoms with Gasteiger partial charge in [0.1, 0.15) is 0 Å². The van der Waals surface area contributed by atoms with Gasteiger partial charge < -0.3 is 16.0 Å². The first-order valence-corrected chi connectivity index (χ1v) is 8.56. The van der Waals surface area contributed by atoms with Gasteiger partial charge in [-0.3, -0.25) is 4.79 Å². The van der Waals surface area contributed by atoms with Crippen molar-refractivity contribution in [1.82, 2.24) is 16.0 Å². The van der Waals surface area contributed by atoms with Crippen LogP contribution in [0.25, 0.3) is 0 Å². The summed E-state index contributed by atoms with van der Waals surface area (Å²) in [6, 6.07) is 2.11. The SMILES string of the molecule is CCNC(=NCc1sccc1C)NCCNC(=O)C(C)(C)C. The number of amides is 1. The molecule has 0 saturated heterocycles. The number of aryl methyl sites for hydroxylation is 1. The van der Waals surface area contributed by atoms with E-state index in [1.165, 1.54) is 10.4 Å². The van der Waals surface area contributed by atoms with Gasteiger partial charge in [0.15, 0.2) is 5.96 Å². The van der Waals surface area contributed by atoms with E-state index >= 15 is 0 Å². The maximum Gasteiger partial charge on any atom is 0.225 e. The van der Waals surface area contributed by atoms with Crippen LogP contribution in [0.4, 0.5) is 0 Å². The fourth-order valence-corrected chi connectivity index (χ4v) is 2.51. The summed E-state index contributed by atoms with van der Waals surface area (Å²) in [4.78, 5) is 17.6. The van der Waals surface area contributed by atoms with E-state index in [4.69, 9.17) is 0 Å². The number of hydrogen-bond acceptors (Lipinski definition) is 3. The highest BCUT2D eigenvalue weighted by atomic mass is 32.1. The highest BCUT2D eigenvalue weighted by Gasteiger charge is 2.20. The molecule has 0 aliphatic rings. The van der Waals surface area contributed by atoms with E-state index in [-0.39, 0.29) is 11.3 Å². The third kappa shape index (κ3) is 6.47. The van der Waals surface area contributed by atoms with Crippen LogP contribution in [-0.2, 0) is 11.3 Å². The average molecular weight is 324 g/mol. The van der Waals surface area contributed by atoms with E-state index < -0.39 is 0 Å². The van der Waals surface area contributed by atoms with Crippen LogP contribution in [0, 0.1) is 12.3 Å². The van der Waals surface area contributed by atoms with Crippen LogP contribution in [0.1, 0.15) is 38.1 Å². The number of nitrogens with zero attached hydrogens (tertiary/aromatic N) is 1. The molecule has 0 bridgehead atoms. The zero-order valence-corrected chi connectivity index (χ0v) is 15.1. The molecule has 0 aliphatic carbocycles. The standard InChI is InChI=1S/C16H28N4OS/c1-6-17-15(20-11-13-12(2)7-10-22-13)19-9-8-18-14(21)16(3,4)5/h7,10H,6,8-9,11H2,1-5H3,(H,18,21)(H2,17,19,20). The summed E-state index contributed by atoms with van der Waals surface area (Å²) in [5, 5.41) is 11.5. The minimum Gasteiger partial charge on any atom is -0.357 e. The zero-order valence-electron chi connectivity index (χ0n) is 14.2. The number of hydrogen-bond donors (Lipinski definition) is 3. The van der Waals surface area contributed by atoms with E-state index in [1.807, 2.05) is 27.7 Å². The molecule has 0 spiro atoms. The largest absolute Gasteiger partial charge is 0.357 e. The van der Waals surface area contributed by atoms with Crippen LogP contribution in [0.5, 0.6) is 0 Å². The van der Waals surface area contributed by atoms with Crippen LogP contribution in [0.15, 0.2) is 16.4 Å². The number of guanidine groups is 1. The highest BCUT2D eigenvalue weighted by molar-refractivity contribution is 7.10. The monoisotopic (exact) mass is 324 g/mol. The molecule has 6 heteroatoms. The van der Waals surface area contributed by atoms with Crippen LogP contribution in [0.3, 0.4) is 0 Å². The second kappa shape index (κ2) is 8.78. The molecule has 0 saturated carbocycles. The third-order valence-electron chi connectivity index (χ3n) is 3.08. The Hall–Kier alpha value is -1.56. The lowest BCUT2D eigenvalue weighted by Gasteiger charge is -2.18. The second-order valence-corrected chi connectivity index (χ2v) is 7.16. The van der Waals surface area contributed by atoms with Crippen LogP contribution < -0.4 is 16.0 Å². The van der Waals surface area contributed by atoms with Gasteiger partial charge in [0, 0.05) is 29.9 Å². The zero-order chi connectivity index (χ0) is 16.6. The number of rotatable bonds is 6. The maximum absolute atomic E-state index is 11.8. The summed E-state index contributed by atoms with van der Waals surface area (Å²) in [6.07, 6.45) is 0. The number of aliphatic imine (C=N–C) groups is 1. The molecular formula is C16H28N4OS. The topological polar surface area (TPSA) is 65.5 Å². The Morgan fingerprint density at radius 1 is 1.23 bits per heavy atom. The Morgan fingerprint density at radius 2 is 1.91 bits per heavy atom. The van der Waals surface area contributed by atoms with E-state index in [1.54, 1.807) is 11.3 Å². The van der Waals surface area contributed by atoms with Gasteiger partial charge in [0.05, 0.1) is 6.54 Å². The molecule has 5 nitrogen and oxygen atoms in total. The van der Waals surface area contributed by atoms with Crippen molar-refractivity contribution < 1.29 is 4.79 Å². The van der Waals surface area contributed by atoms with E-state index in [2.05, 4.69) is 39.3 Å². The van der Waals surface area contributed by atoms with Crippen LogP contribution in [0.2, 0.25) is 0 Å². The van der Waals surface area contributed by atoms with Crippen LogP contribution >= 0.6 is 11.3 Å². The number of carbonyl (C=O) groups excluding carboxylic acids is 1. The first-order chi connectivity index (χ1) is 10.3. The van der Waals surface area contributed by atoms with Gasteiger partial charge in [-0.2, -0.15) is 0 Å². The molecule has 22 heavy (non-hydrogen) atoms. The minimum atomic E-state index is -0.352. The van der Waals surface area contributed by atoms with Crippen molar-refractivity contribution in [3.8, 4) is 0 Å². The summed E-state index contributed by atoms with van der Waals surface area (Å²) in [5.41, 5.74) is 0.928.